The lowest BCUT2D eigenvalue weighted by atomic mass is 10.0. The Kier molecular flexibility index (Phi) is 10.4. The second-order valence-electron chi connectivity index (χ2n) is 9.01. The van der Waals surface area contributed by atoms with Crippen molar-refractivity contribution in [3.8, 4) is 0 Å². The third-order valence-electron chi connectivity index (χ3n) is 6.08. The Labute approximate surface area is 214 Å². The fourth-order valence-corrected chi connectivity index (χ4v) is 4.67. The molecule has 0 fully saturated rings. The van der Waals surface area contributed by atoms with E-state index in [1.165, 1.54) is 11.1 Å². The molecule has 0 heterocycles. The van der Waals surface area contributed by atoms with Crippen LogP contribution in [0.3, 0.4) is 0 Å². The minimum absolute atomic E-state index is 0.0215. The highest BCUT2D eigenvalue weighted by molar-refractivity contribution is 7.99. The average molecular weight is 489 g/mol. The monoisotopic (exact) mass is 488 g/mol. The summed E-state index contributed by atoms with van der Waals surface area (Å²) in [4.78, 5) is 28.9. The van der Waals surface area contributed by atoms with E-state index < -0.39 is 6.04 Å². The van der Waals surface area contributed by atoms with Crippen LogP contribution in [-0.4, -0.2) is 34.6 Å². The number of benzene rings is 3. The topological polar surface area (TPSA) is 49.4 Å². The van der Waals surface area contributed by atoms with Gasteiger partial charge in [-0.1, -0.05) is 97.4 Å². The zero-order valence-corrected chi connectivity index (χ0v) is 21.8. The van der Waals surface area contributed by atoms with Crippen LogP contribution in [-0.2, 0) is 28.3 Å². The standard InChI is InChI=1S/C30H36N2O2S/c1-4-24(3)31-30(34)28(19-25-11-7-5-8-12-25)32(20-26-17-15-23(2)16-18-26)29(33)22-35-21-27-13-9-6-10-14-27/h5-18,24,28H,4,19-22H2,1-3H3,(H,31,34)/t24-,28-/m1/s1. The van der Waals surface area contributed by atoms with E-state index in [2.05, 4.69) is 17.4 Å². The number of amides is 2. The number of thioether (sulfide) groups is 1. The minimum atomic E-state index is -0.586. The summed E-state index contributed by atoms with van der Waals surface area (Å²) in [5, 5.41) is 3.12. The fraction of sp³-hybridized carbons (Fsp3) is 0.333. The van der Waals surface area contributed by atoms with Gasteiger partial charge in [0.1, 0.15) is 6.04 Å². The van der Waals surface area contributed by atoms with Crippen LogP contribution in [0.5, 0.6) is 0 Å². The molecule has 5 heteroatoms. The molecule has 1 N–H and O–H groups in total. The normalized spacial score (nSPS) is 12.5. The van der Waals surface area contributed by atoms with E-state index in [1.54, 1.807) is 16.7 Å². The van der Waals surface area contributed by atoms with Gasteiger partial charge in [-0.3, -0.25) is 9.59 Å². The molecule has 0 aromatic heterocycles. The molecule has 0 saturated heterocycles. The number of rotatable bonds is 12. The Hall–Kier alpha value is -3.05. The molecule has 184 valence electrons. The van der Waals surface area contributed by atoms with Crippen molar-refractivity contribution in [1.29, 1.82) is 0 Å². The van der Waals surface area contributed by atoms with Crippen molar-refractivity contribution in [2.45, 2.75) is 58.0 Å². The molecule has 3 aromatic carbocycles. The molecule has 0 bridgehead atoms. The summed E-state index contributed by atoms with van der Waals surface area (Å²) >= 11 is 1.59. The molecule has 0 aliphatic carbocycles. The Morgan fingerprint density at radius 2 is 1.46 bits per heavy atom. The summed E-state index contributed by atoms with van der Waals surface area (Å²) < 4.78 is 0. The second kappa shape index (κ2) is 13.7. The molecule has 2 atom stereocenters. The van der Waals surface area contributed by atoms with Crippen LogP contribution >= 0.6 is 11.8 Å². The predicted octanol–water partition coefficient (Wildman–Crippen LogP) is 5.78. The number of nitrogens with one attached hydrogen (secondary N) is 1. The van der Waals surface area contributed by atoms with Gasteiger partial charge in [0.2, 0.25) is 11.8 Å². The lowest BCUT2D eigenvalue weighted by molar-refractivity contribution is -0.139. The maximum Gasteiger partial charge on any atom is 0.243 e. The van der Waals surface area contributed by atoms with E-state index in [1.807, 2.05) is 93.6 Å². The molecule has 35 heavy (non-hydrogen) atoms. The van der Waals surface area contributed by atoms with Crippen LogP contribution in [0.1, 0.15) is 42.5 Å². The van der Waals surface area contributed by atoms with Crippen LogP contribution < -0.4 is 5.32 Å². The van der Waals surface area contributed by atoms with Gasteiger partial charge in [0.25, 0.3) is 0 Å². The molecule has 0 unspecified atom stereocenters. The fourth-order valence-electron chi connectivity index (χ4n) is 3.80. The molecular weight excluding hydrogens is 452 g/mol. The summed E-state index contributed by atoms with van der Waals surface area (Å²) in [6.07, 6.45) is 1.31. The summed E-state index contributed by atoms with van der Waals surface area (Å²) in [6, 6.07) is 27.7. The number of carbonyl (C=O) groups is 2. The van der Waals surface area contributed by atoms with E-state index in [9.17, 15) is 9.59 Å². The van der Waals surface area contributed by atoms with E-state index >= 15 is 0 Å². The van der Waals surface area contributed by atoms with E-state index in [0.717, 1.165) is 23.3 Å². The van der Waals surface area contributed by atoms with Crippen molar-refractivity contribution in [3.63, 3.8) is 0 Å². The molecule has 2 amide bonds. The smallest absolute Gasteiger partial charge is 0.243 e. The molecule has 0 radical (unpaired) electrons. The Morgan fingerprint density at radius 3 is 2.06 bits per heavy atom. The second-order valence-corrected chi connectivity index (χ2v) is 9.99. The van der Waals surface area contributed by atoms with Gasteiger partial charge in [0.15, 0.2) is 0 Å². The first-order chi connectivity index (χ1) is 17.0. The van der Waals surface area contributed by atoms with Crippen molar-refractivity contribution in [2.24, 2.45) is 0 Å². The summed E-state index contributed by atoms with van der Waals surface area (Å²) in [5.74, 6) is 0.958. The van der Waals surface area contributed by atoms with E-state index in [4.69, 9.17) is 0 Å². The van der Waals surface area contributed by atoms with Gasteiger partial charge in [-0.15, -0.1) is 11.8 Å². The summed E-state index contributed by atoms with van der Waals surface area (Å²) in [6.45, 7) is 6.49. The molecule has 3 aromatic rings. The van der Waals surface area contributed by atoms with Crippen molar-refractivity contribution >= 4 is 23.6 Å². The number of carbonyl (C=O) groups excluding carboxylic acids is 2. The molecule has 0 aliphatic heterocycles. The lowest BCUT2D eigenvalue weighted by Gasteiger charge is -2.32. The highest BCUT2D eigenvalue weighted by Gasteiger charge is 2.30. The number of hydrogen-bond acceptors (Lipinski definition) is 3. The Bertz CT molecular complexity index is 1050. The first-order valence-corrected chi connectivity index (χ1v) is 13.4. The average Bonchev–Trinajstić information content (AvgIpc) is 2.88. The van der Waals surface area contributed by atoms with Crippen molar-refractivity contribution in [1.82, 2.24) is 10.2 Å². The summed E-state index contributed by atoms with van der Waals surface area (Å²) in [5.41, 5.74) is 4.41. The van der Waals surface area contributed by atoms with Gasteiger partial charge in [0.05, 0.1) is 5.75 Å². The minimum Gasteiger partial charge on any atom is -0.352 e. The molecular formula is C30H36N2O2S. The van der Waals surface area contributed by atoms with Gasteiger partial charge in [-0.25, -0.2) is 0 Å². The first-order valence-electron chi connectivity index (χ1n) is 12.3. The first kappa shape index (κ1) is 26.6. The largest absolute Gasteiger partial charge is 0.352 e. The third-order valence-corrected chi connectivity index (χ3v) is 7.07. The zero-order chi connectivity index (χ0) is 25.0. The maximum atomic E-state index is 13.6. The predicted molar refractivity (Wildman–Crippen MR) is 146 cm³/mol. The quantitative estimate of drug-likeness (QED) is 0.351. The lowest BCUT2D eigenvalue weighted by Crippen LogP contribution is -2.52. The Balaban J connectivity index is 1.85. The highest BCUT2D eigenvalue weighted by Crippen LogP contribution is 2.19. The van der Waals surface area contributed by atoms with E-state index in [0.29, 0.717) is 18.7 Å². The van der Waals surface area contributed by atoms with Crippen LogP contribution in [0.25, 0.3) is 0 Å². The van der Waals surface area contributed by atoms with Crippen LogP contribution in [0.4, 0.5) is 0 Å². The molecule has 0 aliphatic rings. The summed E-state index contributed by atoms with van der Waals surface area (Å²) in [7, 11) is 0. The van der Waals surface area contributed by atoms with Gasteiger partial charge in [-0.2, -0.15) is 0 Å². The molecule has 0 spiro atoms. The van der Waals surface area contributed by atoms with Crippen molar-refractivity contribution < 1.29 is 9.59 Å². The van der Waals surface area contributed by atoms with Gasteiger partial charge < -0.3 is 10.2 Å². The number of aryl methyl sites for hydroxylation is 1. The molecule has 3 rings (SSSR count). The SMILES string of the molecule is CC[C@@H](C)NC(=O)[C@@H](Cc1ccccc1)N(Cc1ccc(C)cc1)C(=O)CSCc1ccccc1. The molecule has 4 nitrogen and oxygen atoms in total. The number of hydrogen-bond donors (Lipinski definition) is 1. The third kappa shape index (κ3) is 8.59. The van der Waals surface area contributed by atoms with Gasteiger partial charge >= 0.3 is 0 Å². The Morgan fingerprint density at radius 1 is 0.857 bits per heavy atom. The van der Waals surface area contributed by atoms with Crippen LogP contribution in [0.2, 0.25) is 0 Å². The highest BCUT2D eigenvalue weighted by atomic mass is 32.2. The van der Waals surface area contributed by atoms with Gasteiger partial charge in [-0.05, 0) is 37.0 Å². The van der Waals surface area contributed by atoms with Crippen molar-refractivity contribution in [3.05, 3.63) is 107 Å². The van der Waals surface area contributed by atoms with E-state index in [-0.39, 0.29) is 17.9 Å². The van der Waals surface area contributed by atoms with Gasteiger partial charge in [0, 0.05) is 24.8 Å². The maximum absolute atomic E-state index is 13.6. The number of nitrogens with zero attached hydrogens (tertiary/aromatic N) is 1. The molecule has 0 saturated carbocycles. The van der Waals surface area contributed by atoms with Crippen molar-refractivity contribution in [2.75, 3.05) is 5.75 Å². The van der Waals surface area contributed by atoms with Crippen LogP contribution in [0, 0.1) is 6.92 Å². The zero-order valence-electron chi connectivity index (χ0n) is 20.9. The van der Waals surface area contributed by atoms with Crippen LogP contribution in [0.15, 0.2) is 84.9 Å².